The van der Waals surface area contributed by atoms with E-state index in [-0.39, 0.29) is 23.4 Å². The van der Waals surface area contributed by atoms with Crippen LogP contribution in [0.2, 0.25) is 0 Å². The van der Waals surface area contributed by atoms with Crippen LogP contribution in [0.15, 0.2) is 41.5 Å². The van der Waals surface area contributed by atoms with Gasteiger partial charge in [0.05, 0.1) is 23.3 Å². The third-order valence-corrected chi connectivity index (χ3v) is 7.48. The van der Waals surface area contributed by atoms with Gasteiger partial charge in [-0.25, -0.2) is 4.98 Å². The summed E-state index contributed by atoms with van der Waals surface area (Å²) in [4.78, 5) is 36.3. The van der Waals surface area contributed by atoms with Crippen LogP contribution in [-0.2, 0) is 11.3 Å². The molecular formula is C26H29N5O3. The predicted molar refractivity (Wildman–Crippen MR) is 129 cm³/mol. The molecule has 8 heteroatoms. The number of aryl methyl sites for hydroxylation is 1. The van der Waals surface area contributed by atoms with Crippen molar-refractivity contribution in [3.63, 3.8) is 0 Å². The molecule has 1 amide bonds. The minimum atomic E-state index is -0.192. The van der Waals surface area contributed by atoms with Crippen LogP contribution in [-0.4, -0.2) is 49.5 Å². The van der Waals surface area contributed by atoms with E-state index < -0.39 is 0 Å². The van der Waals surface area contributed by atoms with Crippen molar-refractivity contribution < 1.29 is 9.53 Å². The van der Waals surface area contributed by atoms with E-state index >= 15 is 0 Å². The second-order valence-corrected chi connectivity index (χ2v) is 9.41. The summed E-state index contributed by atoms with van der Waals surface area (Å²) in [5.41, 5.74) is 4.59. The normalized spacial score (nSPS) is 19.1. The van der Waals surface area contributed by atoms with Crippen LogP contribution in [0, 0.1) is 6.92 Å². The first-order chi connectivity index (χ1) is 16.6. The Morgan fingerprint density at radius 2 is 2.03 bits per heavy atom. The third kappa shape index (κ3) is 3.20. The van der Waals surface area contributed by atoms with Crippen molar-refractivity contribution in [2.75, 3.05) is 19.8 Å². The second kappa shape index (κ2) is 8.13. The second-order valence-electron chi connectivity index (χ2n) is 9.41. The molecule has 0 saturated carbocycles. The van der Waals surface area contributed by atoms with Gasteiger partial charge in [-0.15, -0.1) is 0 Å². The summed E-state index contributed by atoms with van der Waals surface area (Å²) in [5, 5.41) is 0. The first kappa shape index (κ1) is 21.2. The largest absolute Gasteiger partial charge is 0.381 e. The van der Waals surface area contributed by atoms with Gasteiger partial charge in [-0.3, -0.25) is 14.0 Å². The molecule has 1 atom stereocenters. The highest BCUT2D eigenvalue weighted by molar-refractivity contribution is 5.99. The van der Waals surface area contributed by atoms with Gasteiger partial charge in [-0.05, 0) is 56.0 Å². The molecule has 1 aromatic carbocycles. The quantitative estimate of drug-likeness (QED) is 0.505. The number of aromatic amines is 1. The predicted octanol–water partition coefficient (Wildman–Crippen LogP) is 3.79. The molecule has 2 aliphatic heterocycles. The fourth-order valence-electron chi connectivity index (χ4n) is 5.71. The minimum Gasteiger partial charge on any atom is -0.381 e. The standard InChI is InChI=1S/C26H29N5O3/c1-3-20-21-5-4-8-29(21)9-10-30(20)26(33)18-14-19-22(13-16(18)2)31-23(25(32)28-19)15-27-24(31)17-6-11-34-12-7-17/h4-5,8,13-15,17,20H,3,6-7,9-12H2,1-2H3,(H,28,32). The number of aromatic nitrogens is 4. The lowest BCUT2D eigenvalue weighted by Gasteiger charge is -2.37. The summed E-state index contributed by atoms with van der Waals surface area (Å²) in [6.45, 7) is 6.96. The van der Waals surface area contributed by atoms with Crippen LogP contribution in [0.1, 0.15) is 65.6 Å². The van der Waals surface area contributed by atoms with E-state index in [1.807, 2.05) is 34.4 Å². The zero-order valence-electron chi connectivity index (χ0n) is 19.6. The number of nitrogens with zero attached hydrogens (tertiary/aromatic N) is 4. The van der Waals surface area contributed by atoms with Crippen molar-refractivity contribution in [2.45, 2.75) is 51.6 Å². The fraction of sp³-hybridized carbons (Fsp3) is 0.423. The van der Waals surface area contributed by atoms with Gasteiger partial charge >= 0.3 is 0 Å². The zero-order valence-corrected chi connectivity index (χ0v) is 19.6. The summed E-state index contributed by atoms with van der Waals surface area (Å²) in [6.07, 6.45) is 6.36. The van der Waals surface area contributed by atoms with Crippen molar-refractivity contribution in [1.29, 1.82) is 0 Å². The van der Waals surface area contributed by atoms with Crippen molar-refractivity contribution >= 4 is 22.5 Å². The van der Waals surface area contributed by atoms with Gasteiger partial charge in [0.15, 0.2) is 0 Å². The number of H-pyrrole nitrogens is 1. The number of nitrogens with one attached hydrogen (secondary N) is 1. The first-order valence-corrected chi connectivity index (χ1v) is 12.1. The van der Waals surface area contributed by atoms with Gasteiger partial charge in [0, 0.05) is 49.7 Å². The Morgan fingerprint density at radius 1 is 1.21 bits per heavy atom. The summed E-state index contributed by atoms with van der Waals surface area (Å²) >= 11 is 0. The van der Waals surface area contributed by atoms with Crippen molar-refractivity contribution in [3.05, 3.63) is 69.7 Å². The summed E-state index contributed by atoms with van der Waals surface area (Å²) < 4.78 is 9.74. The summed E-state index contributed by atoms with van der Waals surface area (Å²) in [6, 6.07) is 8.06. The van der Waals surface area contributed by atoms with Crippen LogP contribution in [0.25, 0.3) is 16.6 Å². The SMILES string of the molecule is CCC1c2cccn2CCN1C(=O)c1cc2[nH]c(=O)c3cnc(C4CCOCC4)n3c2cc1C. The Kier molecular flexibility index (Phi) is 5.06. The maximum atomic E-state index is 13.8. The molecule has 0 bridgehead atoms. The Bertz CT molecular complexity index is 1460. The van der Waals surface area contributed by atoms with Crippen molar-refractivity contribution in [1.82, 2.24) is 23.8 Å². The number of rotatable bonds is 3. The highest BCUT2D eigenvalue weighted by Gasteiger charge is 2.31. The topological polar surface area (TPSA) is 84.6 Å². The van der Waals surface area contributed by atoms with E-state index in [2.05, 4.69) is 33.7 Å². The van der Waals surface area contributed by atoms with Gasteiger partial charge in [0.25, 0.3) is 11.5 Å². The van der Waals surface area contributed by atoms with Gasteiger partial charge in [-0.2, -0.15) is 0 Å². The highest BCUT2D eigenvalue weighted by atomic mass is 16.5. The first-order valence-electron chi connectivity index (χ1n) is 12.1. The Hall–Kier alpha value is -3.39. The van der Waals surface area contributed by atoms with E-state index in [4.69, 9.17) is 4.74 Å². The number of hydrogen-bond acceptors (Lipinski definition) is 4. The number of amides is 1. The minimum absolute atomic E-state index is 0.00919. The molecule has 1 saturated heterocycles. The molecule has 0 spiro atoms. The molecule has 8 nitrogen and oxygen atoms in total. The number of ether oxygens (including phenoxy) is 1. The molecule has 6 rings (SSSR count). The number of carbonyl (C=O) groups is 1. The summed E-state index contributed by atoms with van der Waals surface area (Å²) in [7, 11) is 0. The molecule has 5 heterocycles. The Labute approximate surface area is 197 Å². The number of imidazole rings is 1. The van der Waals surface area contributed by atoms with Crippen LogP contribution >= 0.6 is 0 Å². The van der Waals surface area contributed by atoms with Gasteiger partial charge in [-0.1, -0.05) is 6.92 Å². The average molecular weight is 460 g/mol. The lowest BCUT2D eigenvalue weighted by atomic mass is 9.99. The number of hydrogen-bond donors (Lipinski definition) is 1. The van der Waals surface area contributed by atoms with Crippen molar-refractivity contribution in [2.24, 2.45) is 0 Å². The van der Waals surface area contributed by atoms with Crippen molar-refractivity contribution in [3.8, 4) is 0 Å². The van der Waals surface area contributed by atoms with E-state index in [0.29, 0.717) is 36.4 Å². The highest BCUT2D eigenvalue weighted by Crippen LogP contribution is 2.32. The lowest BCUT2D eigenvalue weighted by molar-refractivity contribution is 0.0617. The average Bonchev–Trinajstić information content (AvgIpc) is 3.52. The molecule has 0 aliphatic carbocycles. The smallest absolute Gasteiger partial charge is 0.274 e. The molecule has 2 aliphatic rings. The van der Waals surface area contributed by atoms with E-state index in [1.165, 1.54) is 5.69 Å². The molecule has 1 N–H and O–H groups in total. The van der Waals surface area contributed by atoms with Gasteiger partial charge < -0.3 is 19.2 Å². The lowest BCUT2D eigenvalue weighted by Crippen LogP contribution is -2.42. The van der Waals surface area contributed by atoms with Crippen LogP contribution in [0.4, 0.5) is 0 Å². The number of fused-ring (bicyclic) bond motifs is 4. The van der Waals surface area contributed by atoms with E-state index in [0.717, 1.165) is 42.7 Å². The Morgan fingerprint density at radius 3 is 2.82 bits per heavy atom. The molecule has 34 heavy (non-hydrogen) atoms. The van der Waals surface area contributed by atoms with Crippen LogP contribution < -0.4 is 5.56 Å². The maximum Gasteiger partial charge on any atom is 0.274 e. The molecule has 1 unspecified atom stereocenters. The van der Waals surface area contributed by atoms with Gasteiger partial charge in [0.1, 0.15) is 11.3 Å². The van der Waals surface area contributed by atoms with E-state index in [1.54, 1.807) is 6.20 Å². The molecule has 4 aromatic rings. The molecule has 1 fully saturated rings. The monoisotopic (exact) mass is 459 g/mol. The maximum absolute atomic E-state index is 13.8. The Balaban J connectivity index is 1.46. The third-order valence-electron chi connectivity index (χ3n) is 7.48. The number of carbonyl (C=O) groups excluding carboxylic acids is 1. The molecule has 176 valence electrons. The molecule has 3 aromatic heterocycles. The fourth-order valence-corrected chi connectivity index (χ4v) is 5.71. The zero-order chi connectivity index (χ0) is 23.4. The van der Waals surface area contributed by atoms with Crippen LogP contribution in [0.5, 0.6) is 0 Å². The van der Waals surface area contributed by atoms with E-state index in [9.17, 15) is 9.59 Å². The molecule has 0 radical (unpaired) electrons. The van der Waals surface area contributed by atoms with Crippen LogP contribution in [0.3, 0.4) is 0 Å². The summed E-state index contributed by atoms with van der Waals surface area (Å²) in [5.74, 6) is 1.16. The number of benzene rings is 1. The molecular weight excluding hydrogens is 430 g/mol. The van der Waals surface area contributed by atoms with Gasteiger partial charge in [0.2, 0.25) is 0 Å².